The molecule has 0 spiro atoms. The van der Waals surface area contributed by atoms with Crippen LogP contribution in [-0.2, 0) is 19.4 Å². The molecule has 8 nitrogen and oxygen atoms in total. The monoisotopic (exact) mass is 571 g/mol. The second-order valence-corrected chi connectivity index (χ2v) is 12.2. The van der Waals surface area contributed by atoms with E-state index in [-0.39, 0.29) is 29.4 Å². The first-order valence-corrected chi connectivity index (χ1v) is 14.7. The largest absolute Gasteiger partial charge is 0.494 e. The molecule has 0 bridgehead atoms. The minimum Gasteiger partial charge on any atom is -0.494 e. The van der Waals surface area contributed by atoms with E-state index in [1.54, 1.807) is 36.3 Å². The first-order valence-electron chi connectivity index (χ1n) is 11.5. The smallest absolute Gasteiger partial charge is 0.228 e. The number of sulfone groups is 1. The molecule has 1 aliphatic rings. The predicted octanol–water partition coefficient (Wildman–Crippen LogP) is 4.53. The summed E-state index contributed by atoms with van der Waals surface area (Å²) in [5.74, 6) is 0.243. The first kappa shape index (κ1) is 27.1. The third kappa shape index (κ3) is 6.48. The Morgan fingerprint density at radius 1 is 1.17 bits per heavy atom. The molecule has 12 heteroatoms. The number of anilines is 1. The summed E-state index contributed by atoms with van der Waals surface area (Å²) in [6, 6.07) is 9.53. The standard InChI is InChI=1S/C24H27Cl2N3O5S2/c1-33-20-9-8-19(26)23-22(20)27-24(35-23)29(11-10-28-12-14-34-15-13-28)21(30)3-2-16-36(31,32)18-6-4-17(25)5-7-18/h4-9H,2-3,10-16H2,1H3. The lowest BCUT2D eigenvalue weighted by Gasteiger charge is -2.29. The number of fused-ring (bicyclic) bond motifs is 1. The van der Waals surface area contributed by atoms with Gasteiger partial charge in [-0.15, -0.1) is 0 Å². The molecule has 1 saturated heterocycles. The van der Waals surface area contributed by atoms with Crippen LogP contribution in [0.5, 0.6) is 5.75 Å². The van der Waals surface area contributed by atoms with Crippen molar-refractivity contribution in [1.82, 2.24) is 9.88 Å². The van der Waals surface area contributed by atoms with Gasteiger partial charge in [0.15, 0.2) is 15.0 Å². The van der Waals surface area contributed by atoms with Gasteiger partial charge in [-0.05, 0) is 42.8 Å². The summed E-state index contributed by atoms with van der Waals surface area (Å²) in [6.45, 7) is 3.97. The summed E-state index contributed by atoms with van der Waals surface area (Å²) >= 11 is 13.6. The van der Waals surface area contributed by atoms with E-state index in [2.05, 4.69) is 9.88 Å². The molecule has 1 amide bonds. The van der Waals surface area contributed by atoms with Gasteiger partial charge >= 0.3 is 0 Å². The normalized spacial score (nSPS) is 14.8. The second-order valence-electron chi connectivity index (χ2n) is 8.30. The van der Waals surface area contributed by atoms with Gasteiger partial charge in [-0.1, -0.05) is 34.5 Å². The number of benzene rings is 2. The SMILES string of the molecule is COc1ccc(Cl)c2sc(N(CCN3CCOCC3)C(=O)CCCS(=O)(=O)c3ccc(Cl)cc3)nc12. The number of hydrogen-bond donors (Lipinski definition) is 0. The van der Waals surface area contributed by atoms with Crippen LogP contribution in [0.25, 0.3) is 10.2 Å². The van der Waals surface area contributed by atoms with E-state index in [1.807, 2.05) is 0 Å². The Morgan fingerprint density at radius 2 is 1.89 bits per heavy atom. The van der Waals surface area contributed by atoms with Crippen molar-refractivity contribution < 1.29 is 22.7 Å². The minimum atomic E-state index is -3.53. The number of ether oxygens (including phenoxy) is 2. The molecule has 1 fully saturated rings. The molecule has 0 atom stereocenters. The number of aromatic nitrogens is 1. The zero-order valence-electron chi connectivity index (χ0n) is 19.8. The average molecular weight is 573 g/mol. The number of halogens is 2. The van der Waals surface area contributed by atoms with E-state index in [0.29, 0.717) is 52.7 Å². The minimum absolute atomic E-state index is 0.0662. The van der Waals surface area contributed by atoms with Crippen molar-refractivity contribution in [2.75, 3.05) is 57.2 Å². The zero-order chi connectivity index (χ0) is 25.7. The Balaban J connectivity index is 1.51. The highest BCUT2D eigenvalue weighted by atomic mass is 35.5. The fourth-order valence-electron chi connectivity index (χ4n) is 3.92. The molecule has 0 unspecified atom stereocenters. The van der Waals surface area contributed by atoms with Crippen LogP contribution in [0.2, 0.25) is 10.0 Å². The van der Waals surface area contributed by atoms with Crippen molar-refractivity contribution in [2.45, 2.75) is 17.7 Å². The van der Waals surface area contributed by atoms with Gasteiger partial charge in [0, 0.05) is 37.6 Å². The van der Waals surface area contributed by atoms with Crippen LogP contribution in [0.3, 0.4) is 0 Å². The maximum Gasteiger partial charge on any atom is 0.228 e. The van der Waals surface area contributed by atoms with Crippen LogP contribution in [-0.4, -0.2) is 76.5 Å². The molecule has 4 rings (SSSR count). The zero-order valence-corrected chi connectivity index (χ0v) is 22.9. The fourth-order valence-corrected chi connectivity index (χ4v) is 6.66. The molecule has 0 N–H and O–H groups in total. The van der Waals surface area contributed by atoms with Crippen molar-refractivity contribution in [3.05, 3.63) is 46.4 Å². The van der Waals surface area contributed by atoms with Crippen LogP contribution < -0.4 is 9.64 Å². The van der Waals surface area contributed by atoms with Crippen molar-refractivity contribution in [1.29, 1.82) is 0 Å². The van der Waals surface area contributed by atoms with E-state index < -0.39 is 9.84 Å². The molecule has 2 aromatic carbocycles. The Labute approximate surface area is 224 Å². The van der Waals surface area contributed by atoms with Crippen molar-refractivity contribution in [3.63, 3.8) is 0 Å². The van der Waals surface area contributed by atoms with Crippen LogP contribution in [0, 0.1) is 0 Å². The third-order valence-corrected chi connectivity index (χ3v) is 9.53. The molecule has 0 aliphatic carbocycles. The van der Waals surface area contributed by atoms with Gasteiger partial charge in [-0.2, -0.15) is 0 Å². The highest BCUT2D eigenvalue weighted by Crippen LogP contribution is 2.39. The fraction of sp³-hybridized carbons (Fsp3) is 0.417. The van der Waals surface area contributed by atoms with Gasteiger partial charge < -0.3 is 9.47 Å². The number of rotatable bonds is 10. The highest BCUT2D eigenvalue weighted by Gasteiger charge is 2.24. The molecular weight excluding hydrogens is 545 g/mol. The maximum absolute atomic E-state index is 13.4. The van der Waals surface area contributed by atoms with Gasteiger partial charge in [-0.25, -0.2) is 13.4 Å². The molecule has 36 heavy (non-hydrogen) atoms. The van der Waals surface area contributed by atoms with E-state index in [4.69, 9.17) is 32.7 Å². The number of hydrogen-bond acceptors (Lipinski definition) is 8. The van der Waals surface area contributed by atoms with E-state index >= 15 is 0 Å². The Morgan fingerprint density at radius 3 is 2.58 bits per heavy atom. The van der Waals surface area contributed by atoms with Crippen molar-refractivity contribution >= 4 is 65.6 Å². The lowest BCUT2D eigenvalue weighted by atomic mass is 10.3. The predicted molar refractivity (Wildman–Crippen MR) is 144 cm³/mol. The van der Waals surface area contributed by atoms with E-state index in [1.165, 1.54) is 23.5 Å². The topological polar surface area (TPSA) is 89.0 Å². The van der Waals surface area contributed by atoms with Gasteiger partial charge in [-0.3, -0.25) is 14.6 Å². The highest BCUT2D eigenvalue weighted by molar-refractivity contribution is 7.91. The Hall–Kier alpha value is -1.95. The van der Waals surface area contributed by atoms with Gasteiger partial charge in [0.2, 0.25) is 5.91 Å². The molecule has 1 aliphatic heterocycles. The van der Waals surface area contributed by atoms with Crippen LogP contribution in [0.15, 0.2) is 41.3 Å². The number of carbonyl (C=O) groups is 1. The summed E-state index contributed by atoms with van der Waals surface area (Å²) in [5.41, 5.74) is 0.597. The average Bonchev–Trinajstić information content (AvgIpc) is 3.31. The summed E-state index contributed by atoms with van der Waals surface area (Å²) in [7, 11) is -1.97. The summed E-state index contributed by atoms with van der Waals surface area (Å²) in [6.07, 6.45) is 0.254. The van der Waals surface area contributed by atoms with E-state index in [9.17, 15) is 13.2 Å². The maximum atomic E-state index is 13.4. The van der Waals surface area contributed by atoms with Crippen molar-refractivity contribution in [2.24, 2.45) is 0 Å². The van der Waals surface area contributed by atoms with Crippen LogP contribution >= 0.6 is 34.5 Å². The lowest BCUT2D eigenvalue weighted by molar-refractivity contribution is -0.118. The second kappa shape index (κ2) is 12.1. The molecule has 1 aromatic heterocycles. The summed E-state index contributed by atoms with van der Waals surface area (Å²) in [4.78, 5) is 22.1. The Kier molecular flexibility index (Phi) is 9.08. The Bertz CT molecular complexity index is 1310. The molecule has 194 valence electrons. The molecule has 3 aromatic rings. The van der Waals surface area contributed by atoms with Gasteiger partial charge in [0.25, 0.3) is 0 Å². The van der Waals surface area contributed by atoms with Gasteiger partial charge in [0.05, 0.1) is 40.7 Å². The number of amides is 1. The third-order valence-electron chi connectivity index (χ3n) is 5.92. The molecule has 0 radical (unpaired) electrons. The van der Waals surface area contributed by atoms with Crippen LogP contribution in [0.1, 0.15) is 12.8 Å². The van der Waals surface area contributed by atoms with E-state index in [0.717, 1.165) is 17.8 Å². The summed E-state index contributed by atoms with van der Waals surface area (Å²) in [5, 5.41) is 1.51. The number of morpholine rings is 1. The van der Waals surface area contributed by atoms with Crippen molar-refractivity contribution in [3.8, 4) is 5.75 Å². The molecule has 2 heterocycles. The summed E-state index contributed by atoms with van der Waals surface area (Å²) < 4.78 is 37.0. The number of thiazole rings is 1. The first-order chi connectivity index (χ1) is 17.3. The molecular formula is C24H27Cl2N3O5S2. The van der Waals surface area contributed by atoms with Gasteiger partial charge in [0.1, 0.15) is 11.3 Å². The number of methoxy groups -OCH3 is 1. The quantitative estimate of drug-likeness (QED) is 0.353. The lowest BCUT2D eigenvalue weighted by Crippen LogP contribution is -2.43. The number of nitrogens with zero attached hydrogens (tertiary/aromatic N) is 3. The van der Waals surface area contributed by atoms with Crippen LogP contribution in [0.4, 0.5) is 5.13 Å². The molecule has 0 saturated carbocycles. The number of carbonyl (C=O) groups excluding carboxylic acids is 1.